The molecule has 0 saturated heterocycles. The van der Waals surface area contributed by atoms with E-state index in [9.17, 15) is 9.59 Å². The first kappa shape index (κ1) is 56.1. The van der Waals surface area contributed by atoms with Gasteiger partial charge in [0, 0.05) is 19.4 Å². The Morgan fingerprint density at radius 3 is 1.21 bits per heavy atom. The molecule has 0 aliphatic carbocycles. The van der Waals surface area contributed by atoms with Crippen molar-refractivity contribution in [3.8, 4) is 0 Å². The summed E-state index contributed by atoms with van der Waals surface area (Å²) < 4.78 is 17.4. The van der Waals surface area contributed by atoms with E-state index in [1.54, 1.807) is 0 Å². The Balaban J connectivity index is 4.18. The third-order valence-electron chi connectivity index (χ3n) is 11.1. The second kappa shape index (κ2) is 49.5. The van der Waals surface area contributed by atoms with Gasteiger partial charge in [0.1, 0.15) is 6.61 Å². The van der Waals surface area contributed by atoms with E-state index in [1.807, 2.05) is 0 Å². The number of rotatable bonds is 47. The molecule has 0 amide bonds. The standard InChI is InChI=1S/C53H98O5/c1-4-7-10-13-16-19-22-24-25-26-27-28-29-31-32-34-37-40-43-46-52(54)57-50-51(49-56-48-45-42-39-36-21-18-15-12-9-6-3)58-53(55)47-44-41-38-35-33-30-23-20-17-14-11-8-5-2/h16,19-20,23-25,51H,4-15,17-18,21-22,26-50H2,1-3H3/b19-16-,23-20-,25-24-. The second-order valence-corrected chi connectivity index (χ2v) is 17.1. The van der Waals surface area contributed by atoms with Gasteiger partial charge >= 0.3 is 11.9 Å². The maximum absolute atomic E-state index is 12.7. The van der Waals surface area contributed by atoms with Crippen LogP contribution in [0.25, 0.3) is 0 Å². The number of hydrogen-bond donors (Lipinski definition) is 0. The van der Waals surface area contributed by atoms with Crippen molar-refractivity contribution in [1.82, 2.24) is 0 Å². The molecule has 340 valence electrons. The molecule has 5 nitrogen and oxygen atoms in total. The van der Waals surface area contributed by atoms with Gasteiger partial charge in [-0.25, -0.2) is 0 Å². The van der Waals surface area contributed by atoms with Gasteiger partial charge in [0.15, 0.2) is 6.10 Å². The zero-order chi connectivity index (χ0) is 42.1. The van der Waals surface area contributed by atoms with Crippen molar-refractivity contribution < 1.29 is 23.8 Å². The monoisotopic (exact) mass is 815 g/mol. The van der Waals surface area contributed by atoms with Crippen LogP contribution in [0.2, 0.25) is 0 Å². The van der Waals surface area contributed by atoms with E-state index in [0.29, 0.717) is 19.4 Å². The molecule has 0 fully saturated rings. The summed E-state index contributed by atoms with van der Waals surface area (Å²) in [6.07, 6.45) is 58.6. The Labute approximate surface area is 361 Å². The second-order valence-electron chi connectivity index (χ2n) is 17.1. The van der Waals surface area contributed by atoms with Gasteiger partial charge in [-0.05, 0) is 77.0 Å². The van der Waals surface area contributed by atoms with E-state index < -0.39 is 6.10 Å². The number of carbonyl (C=O) groups excluding carboxylic acids is 2. The fourth-order valence-corrected chi connectivity index (χ4v) is 7.30. The summed E-state index contributed by atoms with van der Waals surface area (Å²) in [7, 11) is 0. The van der Waals surface area contributed by atoms with Crippen molar-refractivity contribution in [2.45, 2.75) is 271 Å². The number of carbonyl (C=O) groups is 2. The molecule has 0 rings (SSSR count). The predicted molar refractivity (Wildman–Crippen MR) is 252 cm³/mol. The van der Waals surface area contributed by atoms with E-state index in [2.05, 4.69) is 57.2 Å². The van der Waals surface area contributed by atoms with E-state index in [0.717, 1.165) is 51.4 Å². The molecule has 58 heavy (non-hydrogen) atoms. The Bertz CT molecular complexity index is 924. The van der Waals surface area contributed by atoms with E-state index in [1.165, 1.54) is 180 Å². The molecule has 0 heterocycles. The zero-order valence-corrected chi connectivity index (χ0v) is 39.1. The smallest absolute Gasteiger partial charge is 0.306 e. The fourth-order valence-electron chi connectivity index (χ4n) is 7.30. The summed E-state index contributed by atoms with van der Waals surface area (Å²) in [5, 5.41) is 0. The number of unbranched alkanes of at least 4 members (excludes halogenated alkanes) is 30. The molecular formula is C53H98O5. The molecule has 1 atom stereocenters. The quantitative estimate of drug-likeness (QED) is 0.0348. The molecule has 0 aromatic carbocycles. The SMILES string of the molecule is CCCCC/C=C\C/C=C\CCCCCCCCCCCC(=O)OCC(COCCCCCCCCCCCC)OC(=O)CCCCCCC/C=C\CCCCCC. The van der Waals surface area contributed by atoms with Crippen LogP contribution < -0.4 is 0 Å². The minimum absolute atomic E-state index is 0.0840. The van der Waals surface area contributed by atoms with Gasteiger partial charge in [-0.15, -0.1) is 0 Å². The minimum atomic E-state index is -0.536. The highest BCUT2D eigenvalue weighted by Gasteiger charge is 2.17. The third-order valence-corrected chi connectivity index (χ3v) is 11.1. The highest BCUT2D eigenvalue weighted by molar-refractivity contribution is 5.70. The lowest BCUT2D eigenvalue weighted by molar-refractivity contribution is -0.163. The van der Waals surface area contributed by atoms with Gasteiger partial charge in [-0.3, -0.25) is 9.59 Å². The van der Waals surface area contributed by atoms with Crippen molar-refractivity contribution in [1.29, 1.82) is 0 Å². The highest BCUT2D eigenvalue weighted by atomic mass is 16.6. The average molecular weight is 815 g/mol. The molecule has 0 aliphatic rings. The lowest BCUT2D eigenvalue weighted by atomic mass is 10.1. The summed E-state index contributed by atoms with van der Waals surface area (Å²) >= 11 is 0. The van der Waals surface area contributed by atoms with Crippen LogP contribution in [0, 0.1) is 0 Å². The Morgan fingerprint density at radius 1 is 0.379 bits per heavy atom. The first-order valence-electron chi connectivity index (χ1n) is 25.5. The van der Waals surface area contributed by atoms with Crippen LogP contribution in [0.4, 0.5) is 0 Å². The number of hydrogen-bond acceptors (Lipinski definition) is 5. The molecule has 0 aromatic heterocycles. The largest absolute Gasteiger partial charge is 0.462 e. The summed E-state index contributed by atoms with van der Waals surface area (Å²) in [6.45, 7) is 7.80. The summed E-state index contributed by atoms with van der Waals surface area (Å²) in [4.78, 5) is 25.3. The fraction of sp³-hybridized carbons (Fsp3) is 0.849. The zero-order valence-electron chi connectivity index (χ0n) is 39.1. The molecule has 0 N–H and O–H groups in total. The summed E-state index contributed by atoms with van der Waals surface area (Å²) in [5.41, 5.74) is 0. The van der Waals surface area contributed by atoms with Crippen molar-refractivity contribution in [2.24, 2.45) is 0 Å². The Kier molecular flexibility index (Phi) is 47.9. The van der Waals surface area contributed by atoms with Crippen molar-refractivity contribution >= 4 is 11.9 Å². The van der Waals surface area contributed by atoms with Gasteiger partial charge < -0.3 is 14.2 Å². The molecule has 0 aliphatic heterocycles. The first-order chi connectivity index (χ1) is 28.6. The number of esters is 2. The molecule has 0 aromatic rings. The molecule has 5 heteroatoms. The average Bonchev–Trinajstić information content (AvgIpc) is 3.22. The van der Waals surface area contributed by atoms with E-state index >= 15 is 0 Å². The molecule has 0 saturated carbocycles. The molecular weight excluding hydrogens is 717 g/mol. The molecule has 0 radical (unpaired) electrons. The van der Waals surface area contributed by atoms with E-state index in [-0.39, 0.29) is 25.2 Å². The van der Waals surface area contributed by atoms with Crippen LogP contribution in [0.1, 0.15) is 265 Å². The lowest BCUT2D eigenvalue weighted by Crippen LogP contribution is -2.30. The topological polar surface area (TPSA) is 61.8 Å². The van der Waals surface area contributed by atoms with Crippen LogP contribution in [0.5, 0.6) is 0 Å². The van der Waals surface area contributed by atoms with Gasteiger partial charge in [-0.1, -0.05) is 211 Å². The van der Waals surface area contributed by atoms with Crippen LogP contribution >= 0.6 is 0 Å². The van der Waals surface area contributed by atoms with E-state index in [4.69, 9.17) is 14.2 Å². The van der Waals surface area contributed by atoms with Crippen molar-refractivity contribution in [2.75, 3.05) is 19.8 Å². The predicted octanol–water partition coefficient (Wildman–Crippen LogP) is 17.0. The maximum Gasteiger partial charge on any atom is 0.306 e. The van der Waals surface area contributed by atoms with Gasteiger partial charge in [0.05, 0.1) is 6.61 Å². The number of ether oxygens (including phenoxy) is 3. The number of allylic oxidation sites excluding steroid dienone is 6. The third kappa shape index (κ3) is 46.8. The lowest BCUT2D eigenvalue weighted by Gasteiger charge is -2.18. The van der Waals surface area contributed by atoms with Gasteiger partial charge in [0.2, 0.25) is 0 Å². The molecule has 0 spiro atoms. The van der Waals surface area contributed by atoms with Crippen molar-refractivity contribution in [3.63, 3.8) is 0 Å². The van der Waals surface area contributed by atoms with Crippen LogP contribution in [0.15, 0.2) is 36.5 Å². The minimum Gasteiger partial charge on any atom is -0.462 e. The summed E-state index contributed by atoms with van der Waals surface area (Å²) in [6, 6.07) is 0. The highest BCUT2D eigenvalue weighted by Crippen LogP contribution is 2.15. The first-order valence-corrected chi connectivity index (χ1v) is 25.5. The Morgan fingerprint density at radius 2 is 0.724 bits per heavy atom. The Hall–Kier alpha value is -1.88. The van der Waals surface area contributed by atoms with Gasteiger partial charge in [0.25, 0.3) is 0 Å². The van der Waals surface area contributed by atoms with Crippen molar-refractivity contribution in [3.05, 3.63) is 36.5 Å². The normalized spacial score (nSPS) is 12.4. The maximum atomic E-state index is 12.7. The summed E-state index contributed by atoms with van der Waals surface area (Å²) in [5.74, 6) is -0.401. The van der Waals surface area contributed by atoms with Gasteiger partial charge in [-0.2, -0.15) is 0 Å². The molecule has 1 unspecified atom stereocenters. The van der Waals surface area contributed by atoms with Crippen LogP contribution in [-0.4, -0.2) is 37.9 Å². The molecule has 0 bridgehead atoms. The van der Waals surface area contributed by atoms with Crippen LogP contribution in [0.3, 0.4) is 0 Å². The van der Waals surface area contributed by atoms with Crippen LogP contribution in [-0.2, 0) is 23.8 Å².